The molecule has 1 N–H and O–H groups in total. The number of dihydropyridines is 1. The number of aryl methyl sites for hydroxylation is 1. The molecule has 0 saturated carbocycles. The van der Waals surface area contributed by atoms with Crippen molar-refractivity contribution >= 4 is 34.7 Å². The van der Waals surface area contributed by atoms with Crippen LogP contribution in [0.15, 0.2) is 39.7 Å². The SMILES string of the molecule is CCc1noc(C2=C(C)NC(C)=C(C(=O)OCCOC)C2c2cccc(Cl)c2Cl)n1. The van der Waals surface area contributed by atoms with Gasteiger partial charge in [-0.2, -0.15) is 4.98 Å². The molecule has 1 aromatic carbocycles. The Bertz CT molecular complexity index is 1010. The van der Waals surface area contributed by atoms with E-state index >= 15 is 0 Å². The van der Waals surface area contributed by atoms with Crippen molar-refractivity contribution in [3.63, 3.8) is 0 Å². The summed E-state index contributed by atoms with van der Waals surface area (Å²) in [6.07, 6.45) is 0.618. The van der Waals surface area contributed by atoms with Crippen LogP contribution in [0.4, 0.5) is 0 Å². The molecule has 1 aliphatic rings. The lowest BCUT2D eigenvalue weighted by atomic mass is 9.80. The number of ether oxygens (including phenoxy) is 2. The number of nitrogens with one attached hydrogen (secondary N) is 1. The molecule has 0 amide bonds. The summed E-state index contributed by atoms with van der Waals surface area (Å²) >= 11 is 12.9. The van der Waals surface area contributed by atoms with Crippen LogP contribution in [-0.2, 0) is 20.7 Å². The van der Waals surface area contributed by atoms with Crippen molar-refractivity contribution in [2.45, 2.75) is 33.1 Å². The lowest BCUT2D eigenvalue weighted by Gasteiger charge is -2.30. The number of aromatic nitrogens is 2. The molecule has 1 atom stereocenters. The minimum absolute atomic E-state index is 0.126. The summed E-state index contributed by atoms with van der Waals surface area (Å²) in [5.41, 5.74) is 3.11. The average molecular weight is 452 g/mol. The molecule has 2 heterocycles. The standard InChI is InChI=1S/C21H23Cl2N3O4/c1-5-15-25-20(30-26-15)16-11(2)24-12(3)17(21(27)29-10-9-28-4)18(16)13-7-6-8-14(22)19(13)23/h6-8,18,24H,5,9-10H2,1-4H3. The Labute approximate surface area is 185 Å². The zero-order chi connectivity index (χ0) is 21.8. The van der Waals surface area contributed by atoms with Crippen LogP contribution in [0.3, 0.4) is 0 Å². The Balaban J connectivity index is 2.16. The number of nitrogens with zero attached hydrogens (tertiary/aromatic N) is 2. The Morgan fingerprint density at radius 1 is 1.23 bits per heavy atom. The lowest BCUT2D eigenvalue weighted by molar-refractivity contribution is -0.140. The second kappa shape index (κ2) is 9.64. The lowest BCUT2D eigenvalue weighted by Crippen LogP contribution is -2.29. The normalized spacial score (nSPS) is 16.7. The predicted octanol–water partition coefficient (Wildman–Crippen LogP) is 4.52. The number of rotatable bonds is 7. The monoisotopic (exact) mass is 451 g/mol. The first-order valence-electron chi connectivity index (χ1n) is 9.50. The van der Waals surface area contributed by atoms with E-state index in [0.29, 0.717) is 57.2 Å². The van der Waals surface area contributed by atoms with Crippen LogP contribution >= 0.6 is 23.2 Å². The van der Waals surface area contributed by atoms with E-state index in [1.165, 1.54) is 0 Å². The smallest absolute Gasteiger partial charge is 0.336 e. The Morgan fingerprint density at radius 3 is 2.67 bits per heavy atom. The van der Waals surface area contributed by atoms with E-state index in [0.717, 1.165) is 5.70 Å². The second-order valence-corrected chi connectivity index (χ2v) is 7.56. The van der Waals surface area contributed by atoms with Gasteiger partial charge in [-0.15, -0.1) is 0 Å². The topological polar surface area (TPSA) is 86.5 Å². The molecule has 2 aromatic rings. The number of carbonyl (C=O) groups excluding carboxylic acids is 1. The number of methoxy groups -OCH3 is 1. The molecule has 0 radical (unpaired) electrons. The molecular formula is C21H23Cl2N3O4. The van der Waals surface area contributed by atoms with E-state index in [1.807, 2.05) is 26.8 Å². The van der Waals surface area contributed by atoms with Gasteiger partial charge in [-0.25, -0.2) is 4.79 Å². The van der Waals surface area contributed by atoms with Crippen LogP contribution in [0.5, 0.6) is 0 Å². The van der Waals surface area contributed by atoms with Crippen LogP contribution in [0.1, 0.15) is 44.0 Å². The summed E-state index contributed by atoms with van der Waals surface area (Å²) < 4.78 is 15.9. The van der Waals surface area contributed by atoms with Crippen LogP contribution in [-0.4, -0.2) is 36.4 Å². The Kier molecular flexibility index (Phi) is 7.18. The molecule has 1 aliphatic heterocycles. The van der Waals surface area contributed by atoms with E-state index in [4.69, 9.17) is 37.2 Å². The highest BCUT2D eigenvalue weighted by molar-refractivity contribution is 6.42. The minimum Gasteiger partial charge on any atom is -0.460 e. The van der Waals surface area contributed by atoms with E-state index in [9.17, 15) is 4.79 Å². The molecule has 3 rings (SSSR count). The highest BCUT2D eigenvalue weighted by Crippen LogP contribution is 2.46. The molecule has 1 unspecified atom stereocenters. The third kappa shape index (κ3) is 4.38. The maximum Gasteiger partial charge on any atom is 0.336 e. The zero-order valence-electron chi connectivity index (χ0n) is 17.2. The maximum atomic E-state index is 13.1. The van der Waals surface area contributed by atoms with Gasteiger partial charge in [0.1, 0.15) is 6.61 Å². The van der Waals surface area contributed by atoms with Gasteiger partial charge in [0.15, 0.2) is 5.82 Å². The fraction of sp³-hybridized carbons (Fsp3) is 0.381. The highest BCUT2D eigenvalue weighted by atomic mass is 35.5. The summed E-state index contributed by atoms with van der Waals surface area (Å²) in [6.45, 7) is 6.04. The maximum absolute atomic E-state index is 13.1. The van der Waals surface area contributed by atoms with Gasteiger partial charge in [-0.3, -0.25) is 0 Å². The van der Waals surface area contributed by atoms with Crippen LogP contribution in [0, 0.1) is 0 Å². The van der Waals surface area contributed by atoms with Crippen LogP contribution in [0.25, 0.3) is 5.57 Å². The molecule has 160 valence electrons. The predicted molar refractivity (Wildman–Crippen MR) is 114 cm³/mol. The summed E-state index contributed by atoms with van der Waals surface area (Å²) in [4.78, 5) is 17.5. The Morgan fingerprint density at radius 2 is 2.00 bits per heavy atom. The number of hydrogen-bond donors (Lipinski definition) is 1. The number of carbonyl (C=O) groups is 1. The van der Waals surface area contributed by atoms with Gasteiger partial charge in [-0.1, -0.05) is 47.4 Å². The molecule has 0 spiro atoms. The highest BCUT2D eigenvalue weighted by Gasteiger charge is 2.38. The van der Waals surface area contributed by atoms with Crippen molar-refractivity contribution in [3.05, 3.63) is 62.5 Å². The number of hydrogen-bond acceptors (Lipinski definition) is 7. The van der Waals surface area contributed by atoms with E-state index in [1.54, 1.807) is 19.2 Å². The molecule has 0 bridgehead atoms. The average Bonchev–Trinajstić information content (AvgIpc) is 3.18. The molecule has 0 saturated heterocycles. The van der Waals surface area contributed by atoms with E-state index in [-0.39, 0.29) is 6.61 Å². The molecule has 0 fully saturated rings. The molecule has 9 heteroatoms. The van der Waals surface area contributed by atoms with Crippen molar-refractivity contribution in [1.29, 1.82) is 0 Å². The van der Waals surface area contributed by atoms with Gasteiger partial charge in [0.05, 0.1) is 28.1 Å². The van der Waals surface area contributed by atoms with E-state index in [2.05, 4.69) is 15.5 Å². The molecular weight excluding hydrogens is 429 g/mol. The fourth-order valence-corrected chi connectivity index (χ4v) is 3.82. The molecule has 1 aromatic heterocycles. The van der Waals surface area contributed by atoms with Crippen molar-refractivity contribution in [2.24, 2.45) is 0 Å². The van der Waals surface area contributed by atoms with Gasteiger partial charge in [-0.05, 0) is 25.5 Å². The fourth-order valence-electron chi connectivity index (χ4n) is 3.40. The van der Waals surface area contributed by atoms with Gasteiger partial charge in [0.2, 0.25) is 0 Å². The Hall–Kier alpha value is -2.35. The molecule has 30 heavy (non-hydrogen) atoms. The van der Waals surface area contributed by atoms with Crippen molar-refractivity contribution in [1.82, 2.24) is 15.5 Å². The summed E-state index contributed by atoms with van der Waals surface area (Å²) in [5, 5.41) is 7.97. The zero-order valence-corrected chi connectivity index (χ0v) is 18.7. The molecule has 7 nitrogen and oxygen atoms in total. The number of allylic oxidation sites excluding steroid dienone is 3. The van der Waals surface area contributed by atoms with Crippen molar-refractivity contribution < 1.29 is 18.8 Å². The van der Waals surface area contributed by atoms with Crippen LogP contribution < -0.4 is 5.32 Å². The van der Waals surface area contributed by atoms with Crippen LogP contribution in [0.2, 0.25) is 10.0 Å². The second-order valence-electron chi connectivity index (χ2n) is 6.78. The number of benzene rings is 1. The third-order valence-electron chi connectivity index (χ3n) is 4.81. The minimum atomic E-state index is -0.599. The third-order valence-corrected chi connectivity index (χ3v) is 5.64. The first-order valence-corrected chi connectivity index (χ1v) is 10.3. The van der Waals surface area contributed by atoms with Crippen molar-refractivity contribution in [3.8, 4) is 0 Å². The van der Waals surface area contributed by atoms with Gasteiger partial charge in [0, 0.05) is 30.5 Å². The first-order chi connectivity index (χ1) is 14.4. The largest absolute Gasteiger partial charge is 0.460 e. The summed E-state index contributed by atoms with van der Waals surface area (Å²) in [7, 11) is 1.54. The first kappa shape index (κ1) is 22.3. The summed E-state index contributed by atoms with van der Waals surface area (Å²) in [6, 6.07) is 5.30. The number of esters is 1. The van der Waals surface area contributed by atoms with E-state index < -0.39 is 11.9 Å². The summed E-state index contributed by atoms with van der Waals surface area (Å²) in [5.74, 6) is -0.208. The van der Waals surface area contributed by atoms with Gasteiger partial charge in [0.25, 0.3) is 5.89 Å². The quantitative estimate of drug-likeness (QED) is 0.488. The van der Waals surface area contributed by atoms with Gasteiger partial charge >= 0.3 is 5.97 Å². The van der Waals surface area contributed by atoms with Crippen molar-refractivity contribution in [2.75, 3.05) is 20.3 Å². The number of halogens is 2. The van der Waals surface area contributed by atoms with Gasteiger partial charge < -0.3 is 19.3 Å². The molecule has 0 aliphatic carbocycles.